The van der Waals surface area contributed by atoms with E-state index in [1.54, 1.807) is 83.5 Å². The summed E-state index contributed by atoms with van der Waals surface area (Å²) in [6.07, 6.45) is 36.3. The first kappa shape index (κ1) is 114. The molecule has 7 aromatic carbocycles. The van der Waals surface area contributed by atoms with Crippen LogP contribution in [0.2, 0.25) is 15.1 Å². The Morgan fingerprint density at radius 2 is 0.595 bits per heavy atom. The number of pyridine rings is 6. The maximum absolute atomic E-state index is 12.8. The minimum Gasteiger partial charge on any atom is -0.371 e. The number of amides is 3. The molecule has 6 aromatic heterocycles. The van der Waals surface area contributed by atoms with E-state index in [0.29, 0.717) is 21.7 Å². The van der Waals surface area contributed by atoms with Crippen molar-refractivity contribution in [1.29, 1.82) is 0 Å². The molecule has 0 bridgehead atoms. The Morgan fingerprint density at radius 1 is 0.291 bits per heavy atom. The second kappa shape index (κ2) is 58.7. The summed E-state index contributed by atoms with van der Waals surface area (Å²) in [4.78, 5) is 84.4. The van der Waals surface area contributed by atoms with Crippen molar-refractivity contribution in [1.82, 2.24) is 59.3 Å². The third-order valence-corrected chi connectivity index (χ3v) is 36.8. The van der Waals surface area contributed by atoms with E-state index < -0.39 is 0 Å². The summed E-state index contributed by atoms with van der Waals surface area (Å²) in [5.74, 6) is 10.0. The van der Waals surface area contributed by atoms with Gasteiger partial charge in [-0.25, -0.2) is 0 Å². The maximum Gasteiger partial charge on any atom is 0.255 e. The van der Waals surface area contributed by atoms with Crippen molar-refractivity contribution in [2.24, 2.45) is 35.5 Å². The Morgan fingerprint density at radius 3 is 0.980 bits per heavy atom. The molecule has 12 heterocycles. The van der Waals surface area contributed by atoms with Crippen LogP contribution in [0.1, 0.15) is 211 Å². The van der Waals surface area contributed by atoms with Crippen LogP contribution in [-0.2, 0) is 34.5 Å². The second-order valence-corrected chi connectivity index (χ2v) is 48.3. The lowest BCUT2D eigenvalue weighted by Crippen LogP contribution is -2.37. The Hall–Kier alpha value is -9.82. The Labute approximate surface area is 928 Å². The number of halogens is 4. The molecular formula is C123H140BrCl3N12O3S6. The molecule has 3 amide bonds. The van der Waals surface area contributed by atoms with E-state index in [-0.39, 0.29) is 17.7 Å². The Kier molecular flexibility index (Phi) is 45.1. The van der Waals surface area contributed by atoms with Gasteiger partial charge in [0.25, 0.3) is 17.7 Å². The highest BCUT2D eigenvalue weighted by Gasteiger charge is 2.28. The van der Waals surface area contributed by atoms with Crippen LogP contribution >= 0.6 is 121 Å². The van der Waals surface area contributed by atoms with E-state index in [0.717, 1.165) is 267 Å². The van der Waals surface area contributed by atoms with Gasteiger partial charge in [-0.05, 0) is 301 Å². The van der Waals surface area contributed by atoms with Crippen LogP contribution in [0.25, 0.3) is 27.9 Å². The van der Waals surface area contributed by atoms with Crippen molar-refractivity contribution >= 4 is 167 Å². The van der Waals surface area contributed by atoms with Crippen molar-refractivity contribution < 1.29 is 14.4 Å². The van der Waals surface area contributed by atoms with E-state index in [4.69, 9.17) is 34.8 Å². The molecule has 6 fully saturated rings. The smallest absolute Gasteiger partial charge is 0.255 e. The largest absolute Gasteiger partial charge is 0.371 e. The van der Waals surface area contributed by atoms with E-state index in [1.807, 2.05) is 137 Å². The number of benzene rings is 7. The molecule has 15 nitrogen and oxygen atoms in total. The molecule has 0 N–H and O–H groups in total. The second-order valence-electron chi connectivity index (χ2n) is 40.0. The quantitative estimate of drug-likeness (QED) is 0.0449. The van der Waals surface area contributed by atoms with Gasteiger partial charge in [0.05, 0.1) is 26.7 Å². The van der Waals surface area contributed by atoms with Crippen LogP contribution in [0.15, 0.2) is 322 Å². The molecule has 6 saturated heterocycles. The van der Waals surface area contributed by atoms with Gasteiger partial charge in [0.15, 0.2) is 0 Å². The van der Waals surface area contributed by atoms with Crippen LogP contribution in [0, 0.1) is 49.4 Å². The van der Waals surface area contributed by atoms with Crippen LogP contribution in [0.3, 0.4) is 0 Å². The third kappa shape index (κ3) is 35.7. The highest BCUT2D eigenvalue weighted by atomic mass is 79.9. The summed E-state index contributed by atoms with van der Waals surface area (Å²) < 4.78 is 1.14. The van der Waals surface area contributed by atoms with Gasteiger partial charge in [0.2, 0.25) is 0 Å². The van der Waals surface area contributed by atoms with Gasteiger partial charge in [0.1, 0.15) is 0 Å². The molecule has 25 heteroatoms. The van der Waals surface area contributed by atoms with Gasteiger partial charge >= 0.3 is 0 Å². The van der Waals surface area contributed by atoms with Crippen molar-refractivity contribution in [2.45, 2.75) is 196 Å². The zero-order valence-electron chi connectivity index (χ0n) is 86.8. The van der Waals surface area contributed by atoms with E-state index >= 15 is 0 Å². The van der Waals surface area contributed by atoms with Gasteiger partial charge in [0, 0.05) is 260 Å². The number of piperidine rings is 6. The summed E-state index contributed by atoms with van der Waals surface area (Å²) in [6.45, 7) is 42.6. The first-order valence-corrected chi connectivity index (χ1v) is 59.7. The van der Waals surface area contributed by atoms with Crippen LogP contribution in [-0.4, -0.2) is 156 Å². The molecule has 13 aromatic rings. The highest BCUT2D eigenvalue weighted by molar-refractivity contribution is 9.10. The van der Waals surface area contributed by atoms with Gasteiger partial charge in [-0.2, -0.15) is 0 Å². The fourth-order valence-corrected chi connectivity index (χ4v) is 25.0. The SMILES string of the molecule is C=C(c1cncc(CSc2cc(Cl)ccc2Cl)c1)N1CCC(C)CC1.C=C(c1cncc(CSc2ccccc2Br)c1)N1CCC(C)CC1.C=C(c1cncc(CSc2ccccc2Cl)c1)N1CCC(C)CC1.CC1CCN(C(=O)c2cncc(CSc3ccc4ccccc4c3)c2)CC1.Cc1cccc(SCc2cncc(C(=O)N3CCC(C)CC3)c2)c1.Cc1ccccc1SCc1cncc(C(=O)N2CCC(C)CC2)c1. The van der Waals surface area contributed by atoms with Crippen molar-refractivity contribution in [2.75, 3.05) is 78.5 Å². The summed E-state index contributed by atoms with van der Waals surface area (Å²) >= 11 is 32.7. The standard InChI is InChI=1S/C23H24N2OS.C20H23BrN2S.C20H22Cl2N2S.C20H23ClN2S.2C20H24N2OS/c1-17-8-10-25(11-9-17)23(26)21-12-18(14-24-15-21)16-27-22-7-6-19-4-2-3-5-20(19)13-22;1-15-7-9-23(10-8-15)16(2)18-11-17(12-22-13-18)14-24-20-6-4-3-5-19(20)21;1-14-5-7-24(8-6-14)15(2)17-9-16(11-23-12-17)13-25-20-10-18(21)3-4-19(20)22;1-15-7-9-23(10-8-15)16(2)18-11-17(12-22-13-18)14-24-20-6-4-3-5-19(20)21;1-15-6-8-22(9-7-15)20(23)18-11-17(12-21-13-18)14-24-19-5-3-4-16(2)10-19;1-15-7-9-22(10-8-15)20(23)18-11-17(12-21-13-18)14-24-19-6-4-3-5-16(19)2/h2-7,12-15,17H,8-11,16H2,1H3;3-6,11-13,15H,2,7-10,14H2,1H3;3-4,9-12,14H,2,5-8,13H2,1H3;3-6,11-13,15H,2,7-10,14H2,1H3;3-5,10-13,15H,6-9,14H2,1-2H3;3-6,11-13,15H,7-10,14H2,1-2H3. The first-order chi connectivity index (χ1) is 71.7. The molecular weight excluding hydrogens is 2070 g/mol. The molecule has 774 valence electrons. The number of likely N-dealkylation sites (tertiary alicyclic amines) is 6. The summed E-state index contributed by atoms with van der Waals surface area (Å²) in [7, 11) is 0. The monoisotopic (exact) mass is 2210 g/mol. The van der Waals surface area contributed by atoms with E-state index in [2.05, 4.69) is 269 Å². The molecule has 0 unspecified atom stereocenters. The molecule has 19 rings (SSSR count). The highest BCUT2D eigenvalue weighted by Crippen LogP contribution is 2.39. The molecule has 0 saturated carbocycles. The molecule has 148 heavy (non-hydrogen) atoms. The average Bonchev–Trinajstić information content (AvgIpc) is 0.849. The number of carbonyl (C=O) groups excluding carboxylic acids is 3. The molecule has 0 spiro atoms. The molecule has 6 aliphatic heterocycles. The number of aromatic nitrogens is 6. The van der Waals surface area contributed by atoms with E-state index in [9.17, 15) is 14.4 Å². The van der Waals surface area contributed by atoms with Gasteiger partial charge in [-0.3, -0.25) is 44.3 Å². The zero-order valence-corrected chi connectivity index (χ0v) is 95.5. The Balaban J connectivity index is 0.000000140. The number of carbonyl (C=O) groups is 3. The number of rotatable bonds is 27. The summed E-state index contributed by atoms with van der Waals surface area (Å²) in [5, 5.41) is 4.74. The van der Waals surface area contributed by atoms with Gasteiger partial charge in [-0.15, -0.1) is 70.6 Å². The first-order valence-electron chi connectivity index (χ1n) is 51.9. The summed E-state index contributed by atoms with van der Waals surface area (Å²) in [5.41, 5.74) is 18.2. The number of fused-ring (bicyclic) bond motifs is 1. The zero-order chi connectivity index (χ0) is 104. The molecule has 6 aliphatic rings. The normalized spacial score (nSPS) is 15.4. The Bertz CT molecular complexity index is 6260. The predicted octanol–water partition coefficient (Wildman–Crippen LogP) is 32.5. The van der Waals surface area contributed by atoms with Gasteiger partial charge in [-0.1, -0.05) is 187 Å². The van der Waals surface area contributed by atoms with Crippen molar-refractivity contribution in [3.63, 3.8) is 0 Å². The third-order valence-electron chi connectivity index (χ3n) is 28.0. The molecule has 0 aliphatic carbocycles. The topological polar surface area (TPSA) is 148 Å². The van der Waals surface area contributed by atoms with E-state index in [1.165, 1.54) is 91.1 Å². The number of nitrogens with zero attached hydrogens (tertiary/aromatic N) is 12. The molecule has 0 radical (unpaired) electrons. The lowest BCUT2D eigenvalue weighted by Gasteiger charge is -2.33. The minimum atomic E-state index is 0.118. The van der Waals surface area contributed by atoms with Crippen molar-refractivity contribution in [3.05, 3.63) is 386 Å². The van der Waals surface area contributed by atoms with Crippen LogP contribution in [0.5, 0.6) is 0 Å². The van der Waals surface area contributed by atoms with Crippen LogP contribution in [0.4, 0.5) is 0 Å². The van der Waals surface area contributed by atoms with Gasteiger partial charge < -0.3 is 29.4 Å². The lowest BCUT2D eigenvalue weighted by molar-refractivity contribution is 0.0689. The number of hydrogen-bond donors (Lipinski definition) is 0. The molecule has 0 atom stereocenters. The predicted molar refractivity (Wildman–Crippen MR) is 631 cm³/mol. The average molecular weight is 2210 g/mol. The fraction of sp³-hybridized carbons (Fsp3) is 0.358. The van der Waals surface area contributed by atoms with Crippen LogP contribution < -0.4 is 0 Å². The number of aryl methyl sites for hydroxylation is 2. The van der Waals surface area contributed by atoms with Crippen molar-refractivity contribution in [3.8, 4) is 0 Å². The number of thioether (sulfide) groups is 6. The lowest BCUT2D eigenvalue weighted by atomic mass is 9.98. The fourth-order valence-electron chi connectivity index (χ4n) is 18.2. The minimum absolute atomic E-state index is 0.118. The summed E-state index contributed by atoms with van der Waals surface area (Å²) in [6, 6.07) is 66.2. The number of hydrogen-bond acceptors (Lipinski definition) is 18. The maximum atomic E-state index is 12.8.